The summed E-state index contributed by atoms with van der Waals surface area (Å²) in [5.74, 6) is 0.890. The molecule has 106 valence electrons. The van der Waals surface area contributed by atoms with Gasteiger partial charge in [0.25, 0.3) is 0 Å². The van der Waals surface area contributed by atoms with Crippen molar-refractivity contribution >= 4 is 5.69 Å². The summed E-state index contributed by atoms with van der Waals surface area (Å²) < 4.78 is 5.16. The number of rotatable bonds is 6. The summed E-state index contributed by atoms with van der Waals surface area (Å²) in [6.07, 6.45) is 0. The van der Waals surface area contributed by atoms with Gasteiger partial charge in [-0.3, -0.25) is 0 Å². The molecule has 0 amide bonds. The Hall–Kier alpha value is -2.00. The molecule has 0 aliphatic heterocycles. The molecule has 0 aliphatic rings. The van der Waals surface area contributed by atoms with Crippen LogP contribution in [-0.4, -0.2) is 26.1 Å². The Balaban J connectivity index is 1.95. The molecule has 2 aromatic carbocycles. The number of hydrogen-bond acceptors (Lipinski definition) is 3. The lowest BCUT2D eigenvalue weighted by Crippen LogP contribution is -2.10. The lowest BCUT2D eigenvalue weighted by molar-refractivity contribution is 0.402. The van der Waals surface area contributed by atoms with Gasteiger partial charge in [-0.15, -0.1) is 0 Å². The minimum atomic E-state index is 0.815. The van der Waals surface area contributed by atoms with Gasteiger partial charge in [-0.05, 0) is 49.5 Å². The van der Waals surface area contributed by atoms with Crippen LogP contribution in [0.4, 0.5) is 5.69 Å². The third-order valence-electron chi connectivity index (χ3n) is 3.08. The highest BCUT2D eigenvalue weighted by Gasteiger charge is 1.99. The highest BCUT2D eigenvalue weighted by Crippen LogP contribution is 2.15. The van der Waals surface area contributed by atoms with Crippen LogP contribution >= 0.6 is 0 Å². The Morgan fingerprint density at radius 2 is 1.75 bits per heavy atom. The largest absolute Gasteiger partial charge is 0.497 e. The fourth-order valence-electron chi connectivity index (χ4n) is 2.09. The highest BCUT2D eigenvalue weighted by atomic mass is 16.5. The van der Waals surface area contributed by atoms with Crippen LogP contribution in [0, 0.1) is 0 Å². The van der Waals surface area contributed by atoms with Crippen LogP contribution in [-0.2, 0) is 13.1 Å². The van der Waals surface area contributed by atoms with Crippen LogP contribution in [0.5, 0.6) is 5.75 Å². The van der Waals surface area contributed by atoms with Crippen molar-refractivity contribution in [1.29, 1.82) is 0 Å². The molecule has 0 spiro atoms. The number of anilines is 1. The molecule has 2 rings (SSSR count). The Kier molecular flexibility index (Phi) is 5.02. The molecule has 0 aliphatic carbocycles. The van der Waals surface area contributed by atoms with Gasteiger partial charge in [-0.1, -0.05) is 24.3 Å². The molecule has 3 nitrogen and oxygen atoms in total. The van der Waals surface area contributed by atoms with Crippen LogP contribution < -0.4 is 10.1 Å². The molecular weight excluding hydrogens is 248 g/mol. The number of methoxy groups -OCH3 is 1. The van der Waals surface area contributed by atoms with Crippen molar-refractivity contribution in [3.8, 4) is 5.75 Å². The van der Waals surface area contributed by atoms with Gasteiger partial charge in [0, 0.05) is 18.8 Å². The molecule has 0 fully saturated rings. The van der Waals surface area contributed by atoms with E-state index in [0.717, 1.165) is 24.5 Å². The third-order valence-corrected chi connectivity index (χ3v) is 3.08. The molecule has 0 atom stereocenters. The van der Waals surface area contributed by atoms with Crippen LogP contribution in [0.3, 0.4) is 0 Å². The Labute approximate surface area is 121 Å². The fraction of sp³-hybridized carbons (Fsp3) is 0.294. The Bertz CT molecular complexity index is 535. The standard InChI is InChI=1S/C17H22N2O/c1-19(2)13-15-5-4-6-16(11-15)18-12-14-7-9-17(20-3)10-8-14/h4-11,18H,12-13H2,1-3H3. The maximum absolute atomic E-state index is 5.16. The molecule has 0 unspecified atom stereocenters. The van der Waals surface area contributed by atoms with Crippen molar-refractivity contribution < 1.29 is 4.74 Å². The number of nitrogens with one attached hydrogen (secondary N) is 1. The van der Waals surface area contributed by atoms with E-state index in [9.17, 15) is 0 Å². The number of hydrogen-bond donors (Lipinski definition) is 1. The predicted molar refractivity (Wildman–Crippen MR) is 84.2 cm³/mol. The lowest BCUT2D eigenvalue weighted by Gasteiger charge is -2.12. The van der Waals surface area contributed by atoms with Crippen molar-refractivity contribution in [3.05, 3.63) is 59.7 Å². The summed E-state index contributed by atoms with van der Waals surface area (Å²) in [4.78, 5) is 2.17. The van der Waals surface area contributed by atoms with E-state index in [-0.39, 0.29) is 0 Å². The smallest absolute Gasteiger partial charge is 0.118 e. The van der Waals surface area contributed by atoms with Gasteiger partial charge in [-0.25, -0.2) is 0 Å². The second-order valence-electron chi connectivity index (χ2n) is 5.14. The first-order valence-electron chi connectivity index (χ1n) is 6.78. The highest BCUT2D eigenvalue weighted by molar-refractivity contribution is 5.46. The first-order valence-corrected chi connectivity index (χ1v) is 6.78. The normalized spacial score (nSPS) is 10.6. The van der Waals surface area contributed by atoms with Gasteiger partial charge in [0.15, 0.2) is 0 Å². The molecule has 0 aromatic heterocycles. The zero-order chi connectivity index (χ0) is 14.4. The molecule has 0 saturated heterocycles. The first kappa shape index (κ1) is 14.4. The van der Waals surface area contributed by atoms with E-state index < -0.39 is 0 Å². The third kappa shape index (κ3) is 4.28. The summed E-state index contributed by atoms with van der Waals surface area (Å²) >= 11 is 0. The molecule has 0 radical (unpaired) electrons. The SMILES string of the molecule is COc1ccc(CNc2cccc(CN(C)C)c2)cc1. The zero-order valence-corrected chi connectivity index (χ0v) is 12.4. The van der Waals surface area contributed by atoms with E-state index in [1.54, 1.807) is 7.11 Å². The second kappa shape index (κ2) is 6.96. The van der Waals surface area contributed by atoms with Crippen LogP contribution in [0.25, 0.3) is 0 Å². The Morgan fingerprint density at radius 1 is 1.00 bits per heavy atom. The summed E-state index contributed by atoms with van der Waals surface area (Å²) in [5.41, 5.74) is 3.71. The van der Waals surface area contributed by atoms with Crippen LogP contribution in [0.1, 0.15) is 11.1 Å². The van der Waals surface area contributed by atoms with Gasteiger partial charge in [0.05, 0.1) is 7.11 Å². The van der Waals surface area contributed by atoms with E-state index in [0.29, 0.717) is 0 Å². The molecule has 20 heavy (non-hydrogen) atoms. The van der Waals surface area contributed by atoms with Crippen LogP contribution in [0.15, 0.2) is 48.5 Å². The van der Waals surface area contributed by atoms with Gasteiger partial charge < -0.3 is 15.0 Å². The maximum Gasteiger partial charge on any atom is 0.118 e. The van der Waals surface area contributed by atoms with Gasteiger partial charge >= 0.3 is 0 Å². The van der Waals surface area contributed by atoms with E-state index >= 15 is 0 Å². The summed E-state index contributed by atoms with van der Waals surface area (Å²) in [7, 11) is 5.85. The Morgan fingerprint density at radius 3 is 2.40 bits per heavy atom. The first-order chi connectivity index (χ1) is 9.67. The van der Waals surface area contributed by atoms with E-state index in [2.05, 4.69) is 60.7 Å². The lowest BCUT2D eigenvalue weighted by atomic mass is 10.1. The zero-order valence-electron chi connectivity index (χ0n) is 12.4. The van der Waals surface area contributed by atoms with Gasteiger partial charge in [-0.2, -0.15) is 0 Å². The van der Waals surface area contributed by atoms with Crippen molar-refractivity contribution in [2.24, 2.45) is 0 Å². The molecule has 3 heteroatoms. The predicted octanol–water partition coefficient (Wildman–Crippen LogP) is 3.37. The molecule has 0 saturated carbocycles. The maximum atomic E-state index is 5.16. The quantitative estimate of drug-likeness (QED) is 0.871. The fourth-order valence-corrected chi connectivity index (χ4v) is 2.09. The van der Waals surface area contributed by atoms with Crippen molar-refractivity contribution in [2.45, 2.75) is 13.1 Å². The molecule has 0 heterocycles. The second-order valence-corrected chi connectivity index (χ2v) is 5.14. The summed E-state index contributed by atoms with van der Waals surface area (Å²) in [6, 6.07) is 16.7. The number of benzene rings is 2. The minimum Gasteiger partial charge on any atom is -0.497 e. The number of ether oxygens (including phenoxy) is 1. The molecule has 2 aromatic rings. The topological polar surface area (TPSA) is 24.5 Å². The van der Waals surface area contributed by atoms with E-state index in [1.165, 1.54) is 11.1 Å². The number of nitrogens with zero attached hydrogens (tertiary/aromatic N) is 1. The molecule has 0 bridgehead atoms. The van der Waals surface area contributed by atoms with Gasteiger partial charge in [0.2, 0.25) is 0 Å². The average molecular weight is 270 g/mol. The van der Waals surface area contributed by atoms with Crippen molar-refractivity contribution in [2.75, 3.05) is 26.5 Å². The summed E-state index contributed by atoms with van der Waals surface area (Å²) in [6.45, 7) is 1.77. The van der Waals surface area contributed by atoms with E-state index in [1.807, 2.05) is 12.1 Å². The van der Waals surface area contributed by atoms with Crippen molar-refractivity contribution in [1.82, 2.24) is 4.90 Å². The average Bonchev–Trinajstić information content (AvgIpc) is 2.45. The summed E-state index contributed by atoms with van der Waals surface area (Å²) in [5, 5.41) is 3.45. The monoisotopic (exact) mass is 270 g/mol. The molecule has 1 N–H and O–H groups in total. The van der Waals surface area contributed by atoms with Crippen molar-refractivity contribution in [3.63, 3.8) is 0 Å². The molecular formula is C17H22N2O. The van der Waals surface area contributed by atoms with Gasteiger partial charge in [0.1, 0.15) is 5.75 Å². The van der Waals surface area contributed by atoms with E-state index in [4.69, 9.17) is 4.74 Å². The minimum absolute atomic E-state index is 0.815. The van der Waals surface area contributed by atoms with Crippen LogP contribution in [0.2, 0.25) is 0 Å².